The molecule has 0 aliphatic rings. The summed E-state index contributed by atoms with van der Waals surface area (Å²) in [6, 6.07) is 18.6. The maximum atomic E-state index is 13.5. The number of aliphatic carboxylic acids is 1. The van der Waals surface area contributed by atoms with Crippen LogP contribution in [0, 0.1) is 0 Å². The summed E-state index contributed by atoms with van der Waals surface area (Å²) in [7, 11) is -3.97. The van der Waals surface area contributed by atoms with Crippen molar-refractivity contribution in [2.24, 2.45) is 0 Å². The minimum Gasteiger partial charge on any atom is -0.480 e. The van der Waals surface area contributed by atoms with Gasteiger partial charge in [-0.3, -0.25) is 10.1 Å². The number of sulfone groups is 1. The standard InChI is InChI=1S/C24H22N6O4S.ClH/c31-22(32)16-28-20-6-3-5-19(30-20)24(35(33,34)21-7-1-2-12-25-21)29-15-17-8-10-18(11-9-17)23-26-13-4-14-27-23;/h1-14,24,29H,15-16H2,(H,28,30)(H,31,32);1H. The zero-order valence-electron chi connectivity index (χ0n) is 18.9. The third kappa shape index (κ3) is 6.60. The number of benzene rings is 1. The molecule has 3 aromatic heterocycles. The Morgan fingerprint density at radius 3 is 2.28 bits per heavy atom. The molecule has 0 spiro atoms. The summed E-state index contributed by atoms with van der Waals surface area (Å²) in [6.07, 6.45) is 4.74. The molecule has 1 aromatic carbocycles. The first-order valence-corrected chi connectivity index (χ1v) is 12.2. The van der Waals surface area contributed by atoms with Gasteiger partial charge in [-0.2, -0.15) is 0 Å². The van der Waals surface area contributed by atoms with Crippen LogP contribution < -0.4 is 10.6 Å². The van der Waals surface area contributed by atoms with Crippen LogP contribution in [0.4, 0.5) is 5.82 Å². The van der Waals surface area contributed by atoms with Crippen molar-refractivity contribution in [1.82, 2.24) is 25.3 Å². The zero-order valence-corrected chi connectivity index (χ0v) is 20.5. The van der Waals surface area contributed by atoms with E-state index in [9.17, 15) is 13.2 Å². The number of nitrogens with one attached hydrogen (secondary N) is 2. The van der Waals surface area contributed by atoms with E-state index >= 15 is 0 Å². The van der Waals surface area contributed by atoms with Crippen molar-refractivity contribution >= 4 is 34.0 Å². The number of carboxylic acids is 1. The van der Waals surface area contributed by atoms with E-state index in [0.717, 1.165) is 11.1 Å². The summed E-state index contributed by atoms with van der Waals surface area (Å²) < 4.78 is 26.9. The molecule has 0 aliphatic carbocycles. The van der Waals surface area contributed by atoms with Gasteiger partial charge in [-0.05, 0) is 35.9 Å². The molecule has 4 rings (SSSR count). The molecule has 0 radical (unpaired) electrons. The molecule has 186 valence electrons. The Hall–Kier alpha value is -3.93. The first kappa shape index (κ1) is 26.7. The Bertz CT molecular complexity index is 1390. The Labute approximate surface area is 214 Å². The van der Waals surface area contributed by atoms with Gasteiger partial charge in [0, 0.05) is 30.7 Å². The number of nitrogens with zero attached hydrogens (tertiary/aromatic N) is 4. The highest BCUT2D eigenvalue weighted by Gasteiger charge is 2.31. The average Bonchev–Trinajstić information content (AvgIpc) is 2.89. The summed E-state index contributed by atoms with van der Waals surface area (Å²) in [5.74, 6) is -0.213. The van der Waals surface area contributed by atoms with Gasteiger partial charge < -0.3 is 10.4 Å². The molecule has 0 bridgehead atoms. The van der Waals surface area contributed by atoms with Crippen LogP contribution in [0.1, 0.15) is 16.6 Å². The van der Waals surface area contributed by atoms with Crippen LogP contribution in [0.2, 0.25) is 0 Å². The average molecular weight is 527 g/mol. The van der Waals surface area contributed by atoms with E-state index < -0.39 is 21.2 Å². The van der Waals surface area contributed by atoms with Crippen LogP contribution in [-0.4, -0.2) is 46.0 Å². The van der Waals surface area contributed by atoms with E-state index in [4.69, 9.17) is 5.11 Å². The molecule has 10 nitrogen and oxygen atoms in total. The lowest BCUT2D eigenvalue weighted by Crippen LogP contribution is -2.30. The van der Waals surface area contributed by atoms with E-state index in [-0.39, 0.29) is 42.0 Å². The van der Waals surface area contributed by atoms with Crippen molar-refractivity contribution in [2.45, 2.75) is 16.9 Å². The number of hydrogen-bond donors (Lipinski definition) is 3. The number of pyridine rings is 2. The first-order valence-electron chi connectivity index (χ1n) is 10.6. The lowest BCUT2D eigenvalue weighted by Gasteiger charge is -2.19. The Morgan fingerprint density at radius 2 is 1.61 bits per heavy atom. The molecule has 0 saturated heterocycles. The Balaban J connectivity index is 0.00000361. The van der Waals surface area contributed by atoms with E-state index in [1.165, 1.54) is 12.3 Å². The van der Waals surface area contributed by atoms with Gasteiger partial charge in [-0.1, -0.05) is 36.4 Å². The van der Waals surface area contributed by atoms with Crippen LogP contribution in [0.25, 0.3) is 11.4 Å². The first-order chi connectivity index (χ1) is 16.9. The fourth-order valence-electron chi connectivity index (χ4n) is 3.30. The number of aromatic nitrogens is 4. The van der Waals surface area contributed by atoms with Crippen molar-refractivity contribution in [3.8, 4) is 11.4 Å². The maximum Gasteiger partial charge on any atom is 0.322 e. The summed E-state index contributed by atoms with van der Waals surface area (Å²) in [4.78, 5) is 27.7. The molecule has 0 aliphatic heterocycles. The molecule has 36 heavy (non-hydrogen) atoms. The third-order valence-electron chi connectivity index (χ3n) is 4.97. The molecule has 3 N–H and O–H groups in total. The molecule has 0 saturated carbocycles. The molecular formula is C24H23ClN6O4S. The predicted molar refractivity (Wildman–Crippen MR) is 136 cm³/mol. The monoisotopic (exact) mass is 526 g/mol. The number of anilines is 1. The van der Waals surface area contributed by atoms with E-state index in [2.05, 4.69) is 30.6 Å². The highest BCUT2D eigenvalue weighted by Crippen LogP contribution is 2.26. The van der Waals surface area contributed by atoms with E-state index in [0.29, 0.717) is 5.82 Å². The summed E-state index contributed by atoms with van der Waals surface area (Å²) >= 11 is 0. The van der Waals surface area contributed by atoms with E-state index in [1.54, 1.807) is 48.8 Å². The number of hydrogen-bond acceptors (Lipinski definition) is 9. The van der Waals surface area contributed by atoms with Crippen LogP contribution in [0.15, 0.2) is 90.3 Å². The van der Waals surface area contributed by atoms with Crippen LogP contribution in [0.5, 0.6) is 0 Å². The highest BCUT2D eigenvalue weighted by atomic mass is 35.5. The molecule has 12 heteroatoms. The van der Waals surface area contributed by atoms with Crippen molar-refractivity contribution < 1.29 is 18.3 Å². The van der Waals surface area contributed by atoms with Crippen molar-refractivity contribution in [3.05, 3.63) is 96.6 Å². The van der Waals surface area contributed by atoms with Gasteiger partial charge in [-0.15, -0.1) is 12.4 Å². The molecule has 0 fully saturated rings. The molecule has 1 atom stereocenters. The van der Waals surface area contributed by atoms with Crippen molar-refractivity contribution in [1.29, 1.82) is 0 Å². The topological polar surface area (TPSA) is 147 Å². The largest absolute Gasteiger partial charge is 0.480 e. The zero-order chi connectivity index (χ0) is 24.7. The third-order valence-corrected chi connectivity index (χ3v) is 6.82. The maximum absolute atomic E-state index is 13.5. The molecule has 1 unspecified atom stereocenters. The van der Waals surface area contributed by atoms with Gasteiger partial charge in [0.25, 0.3) is 0 Å². The molecule has 4 aromatic rings. The van der Waals surface area contributed by atoms with Gasteiger partial charge in [0.1, 0.15) is 12.4 Å². The minimum atomic E-state index is -3.97. The number of halogens is 1. The number of rotatable bonds is 10. The summed E-state index contributed by atoms with van der Waals surface area (Å²) in [5.41, 5.74) is 1.89. The van der Waals surface area contributed by atoms with Crippen LogP contribution >= 0.6 is 12.4 Å². The molecule has 0 amide bonds. The normalized spacial score (nSPS) is 11.8. The lowest BCUT2D eigenvalue weighted by atomic mass is 10.1. The second-order valence-corrected chi connectivity index (χ2v) is 9.42. The fraction of sp³-hybridized carbons (Fsp3) is 0.125. The number of carboxylic acid groups (broad SMARTS) is 1. The van der Waals surface area contributed by atoms with Gasteiger partial charge in [-0.25, -0.2) is 28.4 Å². The predicted octanol–water partition coefficient (Wildman–Crippen LogP) is 3.11. The van der Waals surface area contributed by atoms with Gasteiger partial charge in [0.15, 0.2) is 16.2 Å². The van der Waals surface area contributed by atoms with Gasteiger partial charge in [0.2, 0.25) is 9.84 Å². The van der Waals surface area contributed by atoms with Crippen molar-refractivity contribution in [3.63, 3.8) is 0 Å². The fourth-order valence-corrected chi connectivity index (χ4v) is 4.77. The molecular weight excluding hydrogens is 504 g/mol. The SMILES string of the molecule is Cl.O=C(O)CNc1cccc(C(NCc2ccc(-c3ncccn3)cc2)S(=O)(=O)c2ccccn2)n1. The molecule has 3 heterocycles. The van der Waals surface area contributed by atoms with E-state index in [1.807, 2.05) is 24.3 Å². The second-order valence-electron chi connectivity index (χ2n) is 7.44. The Morgan fingerprint density at radius 1 is 0.889 bits per heavy atom. The summed E-state index contributed by atoms with van der Waals surface area (Å²) in [5, 5.41) is 13.3. The van der Waals surface area contributed by atoms with Gasteiger partial charge >= 0.3 is 5.97 Å². The smallest absolute Gasteiger partial charge is 0.322 e. The highest BCUT2D eigenvalue weighted by molar-refractivity contribution is 7.91. The van der Waals surface area contributed by atoms with Crippen LogP contribution in [-0.2, 0) is 21.2 Å². The van der Waals surface area contributed by atoms with Crippen molar-refractivity contribution in [2.75, 3.05) is 11.9 Å². The van der Waals surface area contributed by atoms with Gasteiger partial charge in [0.05, 0.1) is 5.69 Å². The minimum absolute atomic E-state index is 0. The second kappa shape index (κ2) is 12.2. The lowest BCUT2D eigenvalue weighted by molar-refractivity contribution is -0.134. The quantitative estimate of drug-likeness (QED) is 0.281. The Kier molecular flexibility index (Phi) is 9.01. The van der Waals surface area contributed by atoms with Crippen LogP contribution in [0.3, 0.4) is 0 Å². The summed E-state index contributed by atoms with van der Waals surface area (Å²) in [6.45, 7) is -0.125. The number of carbonyl (C=O) groups is 1.